The van der Waals surface area contributed by atoms with Gasteiger partial charge in [-0.05, 0) is 38.7 Å². The molecule has 1 rings (SSSR count). The Morgan fingerprint density at radius 2 is 1.94 bits per heavy atom. The van der Waals surface area contributed by atoms with Gasteiger partial charge in [-0.2, -0.15) is 0 Å². The Kier molecular flexibility index (Phi) is 5.12. The van der Waals surface area contributed by atoms with Crippen LogP contribution >= 0.6 is 0 Å². The van der Waals surface area contributed by atoms with Crippen LogP contribution in [0.2, 0.25) is 0 Å². The van der Waals surface area contributed by atoms with Gasteiger partial charge in [0.1, 0.15) is 0 Å². The summed E-state index contributed by atoms with van der Waals surface area (Å²) in [5.74, 6) is -0.151. The Morgan fingerprint density at radius 3 is 2.41 bits per heavy atom. The molecule has 1 atom stereocenters. The average Bonchev–Trinajstić information content (AvgIpc) is 2.26. The molecule has 0 spiro atoms. The summed E-state index contributed by atoms with van der Waals surface area (Å²) in [6.45, 7) is 2.77. The fourth-order valence-corrected chi connectivity index (χ4v) is 1.47. The van der Waals surface area contributed by atoms with Crippen LogP contribution in [-0.4, -0.2) is 42.7 Å². The van der Waals surface area contributed by atoms with E-state index in [1.54, 1.807) is 19.1 Å². The molecule has 0 aliphatic rings. The van der Waals surface area contributed by atoms with E-state index in [4.69, 9.17) is 5.11 Å². The van der Waals surface area contributed by atoms with Crippen LogP contribution in [0, 0.1) is 0 Å². The Labute approximate surface area is 102 Å². The zero-order valence-corrected chi connectivity index (χ0v) is 10.6. The molecule has 4 heteroatoms. The van der Waals surface area contributed by atoms with Gasteiger partial charge in [0.05, 0.1) is 6.10 Å². The maximum atomic E-state index is 11.6. The molecule has 0 fully saturated rings. The Bertz CT molecular complexity index is 358. The second kappa shape index (κ2) is 6.37. The van der Waals surface area contributed by atoms with Crippen molar-refractivity contribution in [2.75, 3.05) is 20.6 Å². The number of aliphatic hydroxyl groups is 1. The van der Waals surface area contributed by atoms with Crippen molar-refractivity contribution in [1.29, 1.82) is 0 Å². The van der Waals surface area contributed by atoms with E-state index < -0.39 is 6.10 Å². The molecular formula is C13H20N2O2. The van der Waals surface area contributed by atoms with Crippen LogP contribution in [0.1, 0.15) is 22.8 Å². The molecule has 0 radical (unpaired) electrons. The lowest BCUT2D eigenvalue weighted by Gasteiger charge is -2.10. The van der Waals surface area contributed by atoms with E-state index in [0.29, 0.717) is 5.56 Å². The fraction of sp³-hybridized carbons (Fsp3) is 0.462. The molecule has 94 valence electrons. The normalized spacial score (nSPS) is 12.5. The highest BCUT2D eigenvalue weighted by molar-refractivity contribution is 5.94. The number of hydrogen-bond acceptors (Lipinski definition) is 3. The minimum Gasteiger partial charge on any atom is -0.392 e. The highest BCUT2D eigenvalue weighted by Gasteiger charge is 2.06. The van der Waals surface area contributed by atoms with Gasteiger partial charge in [-0.15, -0.1) is 0 Å². The van der Waals surface area contributed by atoms with Gasteiger partial charge < -0.3 is 15.3 Å². The molecule has 0 aromatic heterocycles. The quantitative estimate of drug-likeness (QED) is 0.797. The average molecular weight is 236 g/mol. The summed E-state index contributed by atoms with van der Waals surface area (Å²) in [6.07, 6.45) is -0.521. The smallest absolute Gasteiger partial charge is 0.251 e. The van der Waals surface area contributed by atoms with Crippen LogP contribution in [0.25, 0.3) is 0 Å². The van der Waals surface area contributed by atoms with Crippen LogP contribution in [0.3, 0.4) is 0 Å². The second-order valence-corrected chi connectivity index (χ2v) is 4.49. The van der Waals surface area contributed by atoms with Gasteiger partial charge in [-0.3, -0.25) is 4.79 Å². The monoisotopic (exact) mass is 236 g/mol. The van der Waals surface area contributed by atoms with Crippen molar-refractivity contribution in [3.05, 3.63) is 35.4 Å². The van der Waals surface area contributed by atoms with E-state index in [1.807, 2.05) is 26.2 Å². The highest BCUT2D eigenvalue weighted by Crippen LogP contribution is 2.06. The van der Waals surface area contributed by atoms with Crippen molar-refractivity contribution < 1.29 is 9.90 Å². The van der Waals surface area contributed by atoms with E-state index >= 15 is 0 Å². The first-order chi connectivity index (χ1) is 7.99. The van der Waals surface area contributed by atoms with Crippen molar-refractivity contribution in [1.82, 2.24) is 10.2 Å². The molecule has 0 bridgehead atoms. The van der Waals surface area contributed by atoms with Crippen molar-refractivity contribution in [3.8, 4) is 0 Å². The third-order valence-electron chi connectivity index (χ3n) is 2.27. The van der Waals surface area contributed by atoms with Crippen LogP contribution < -0.4 is 5.32 Å². The van der Waals surface area contributed by atoms with Gasteiger partial charge in [0.25, 0.3) is 5.91 Å². The van der Waals surface area contributed by atoms with Gasteiger partial charge in [0.15, 0.2) is 0 Å². The molecule has 1 amide bonds. The second-order valence-electron chi connectivity index (χ2n) is 4.49. The molecule has 0 heterocycles. The third kappa shape index (κ3) is 4.97. The fourth-order valence-electron chi connectivity index (χ4n) is 1.47. The molecule has 0 saturated carbocycles. The molecule has 1 unspecified atom stereocenters. The third-order valence-corrected chi connectivity index (χ3v) is 2.27. The topological polar surface area (TPSA) is 52.6 Å². The van der Waals surface area contributed by atoms with E-state index in [-0.39, 0.29) is 12.5 Å². The lowest BCUT2D eigenvalue weighted by molar-refractivity contribution is 0.0924. The molecule has 0 aliphatic heterocycles. The van der Waals surface area contributed by atoms with Crippen LogP contribution in [0.5, 0.6) is 0 Å². The maximum Gasteiger partial charge on any atom is 0.251 e. The minimum atomic E-state index is -0.521. The predicted octanol–water partition coefficient (Wildman–Crippen LogP) is 0.859. The van der Waals surface area contributed by atoms with Crippen LogP contribution in [-0.2, 0) is 6.54 Å². The van der Waals surface area contributed by atoms with Crippen molar-refractivity contribution in [2.24, 2.45) is 0 Å². The molecule has 4 nitrogen and oxygen atoms in total. The first-order valence-corrected chi connectivity index (χ1v) is 5.69. The van der Waals surface area contributed by atoms with Crippen LogP contribution in [0.4, 0.5) is 0 Å². The maximum absolute atomic E-state index is 11.6. The molecular weight excluding hydrogens is 216 g/mol. The van der Waals surface area contributed by atoms with E-state index in [0.717, 1.165) is 6.54 Å². The van der Waals surface area contributed by atoms with E-state index in [9.17, 15) is 4.79 Å². The summed E-state index contributed by atoms with van der Waals surface area (Å²) in [5.41, 5.74) is 1.79. The molecule has 0 aliphatic carbocycles. The van der Waals surface area contributed by atoms with Crippen molar-refractivity contribution in [3.63, 3.8) is 0 Å². The summed E-state index contributed by atoms with van der Waals surface area (Å²) in [4.78, 5) is 13.7. The first kappa shape index (κ1) is 13.7. The van der Waals surface area contributed by atoms with Gasteiger partial charge in [0, 0.05) is 18.7 Å². The number of benzene rings is 1. The minimum absolute atomic E-state index is 0.151. The van der Waals surface area contributed by atoms with Gasteiger partial charge in [0.2, 0.25) is 0 Å². The number of carbonyl (C=O) groups excluding carboxylic acids is 1. The number of aliphatic hydroxyl groups excluding tert-OH is 1. The predicted molar refractivity (Wildman–Crippen MR) is 67.8 cm³/mol. The summed E-state index contributed by atoms with van der Waals surface area (Å²) in [7, 11) is 4.01. The van der Waals surface area contributed by atoms with Crippen molar-refractivity contribution >= 4 is 5.91 Å². The first-order valence-electron chi connectivity index (χ1n) is 5.69. The summed E-state index contributed by atoms with van der Waals surface area (Å²) >= 11 is 0. The zero-order valence-electron chi connectivity index (χ0n) is 10.6. The van der Waals surface area contributed by atoms with E-state index in [2.05, 4.69) is 10.2 Å². The summed E-state index contributed by atoms with van der Waals surface area (Å²) in [5, 5.41) is 11.7. The molecule has 17 heavy (non-hydrogen) atoms. The Morgan fingerprint density at radius 1 is 1.35 bits per heavy atom. The van der Waals surface area contributed by atoms with E-state index in [1.165, 1.54) is 5.56 Å². The lowest BCUT2D eigenvalue weighted by Crippen LogP contribution is -2.30. The largest absolute Gasteiger partial charge is 0.392 e. The summed E-state index contributed by atoms with van der Waals surface area (Å²) < 4.78 is 0. The SMILES string of the molecule is CC(O)CNC(=O)c1ccc(CN(C)C)cc1. The molecule has 1 aromatic carbocycles. The Hall–Kier alpha value is -1.39. The Balaban J connectivity index is 2.57. The van der Waals surface area contributed by atoms with Gasteiger partial charge >= 0.3 is 0 Å². The van der Waals surface area contributed by atoms with Gasteiger partial charge in [-0.1, -0.05) is 12.1 Å². The lowest BCUT2D eigenvalue weighted by atomic mass is 10.1. The highest BCUT2D eigenvalue weighted by atomic mass is 16.3. The van der Waals surface area contributed by atoms with Gasteiger partial charge in [-0.25, -0.2) is 0 Å². The van der Waals surface area contributed by atoms with Crippen molar-refractivity contribution in [2.45, 2.75) is 19.6 Å². The standard InChI is InChI=1S/C13H20N2O2/c1-10(16)8-14-13(17)12-6-4-11(5-7-12)9-15(2)3/h4-7,10,16H,8-9H2,1-3H3,(H,14,17). The van der Waals surface area contributed by atoms with Crippen LogP contribution in [0.15, 0.2) is 24.3 Å². The number of rotatable bonds is 5. The zero-order chi connectivity index (χ0) is 12.8. The number of nitrogens with zero attached hydrogens (tertiary/aromatic N) is 1. The molecule has 2 N–H and O–H groups in total. The number of amides is 1. The number of hydrogen-bond donors (Lipinski definition) is 2. The number of carbonyl (C=O) groups is 1. The molecule has 1 aromatic rings. The molecule has 0 saturated heterocycles. The number of nitrogens with one attached hydrogen (secondary N) is 1. The summed E-state index contributed by atoms with van der Waals surface area (Å²) in [6, 6.07) is 7.49.